The monoisotopic (exact) mass is 179 g/mol. The predicted molar refractivity (Wildman–Crippen MR) is 51.1 cm³/mol. The number of hydrogen-bond acceptors (Lipinski definition) is 2. The first kappa shape index (κ1) is 9.58. The van der Waals surface area contributed by atoms with Gasteiger partial charge in [0.2, 0.25) is 0 Å². The number of ether oxygens (including phenoxy) is 1. The van der Waals surface area contributed by atoms with Crippen molar-refractivity contribution in [1.82, 2.24) is 4.90 Å². The maximum Gasteiger partial charge on any atom is 0.415 e. The second kappa shape index (κ2) is 3.94. The third kappa shape index (κ3) is 1.99. The lowest BCUT2D eigenvalue weighted by Crippen LogP contribution is -2.33. The molecule has 0 saturated carbocycles. The zero-order chi connectivity index (χ0) is 9.84. The fraction of sp³-hybridized carbons (Fsp3) is 0.300. The lowest BCUT2D eigenvalue weighted by Gasteiger charge is -2.24. The summed E-state index contributed by atoms with van der Waals surface area (Å²) in [6.45, 7) is 6.10. The fourth-order valence-electron chi connectivity index (χ4n) is 1.09. The summed E-state index contributed by atoms with van der Waals surface area (Å²) >= 11 is 0. The van der Waals surface area contributed by atoms with Crippen molar-refractivity contribution in [2.75, 3.05) is 13.6 Å². The van der Waals surface area contributed by atoms with Gasteiger partial charge in [-0.05, 0) is 13.0 Å². The van der Waals surface area contributed by atoms with Crippen LogP contribution in [-0.2, 0) is 4.74 Å². The van der Waals surface area contributed by atoms with Crippen molar-refractivity contribution in [3.05, 3.63) is 36.1 Å². The molecule has 0 aromatic carbocycles. The highest BCUT2D eigenvalue weighted by atomic mass is 16.6. The van der Waals surface area contributed by atoms with Gasteiger partial charge in [-0.3, -0.25) is 0 Å². The highest BCUT2D eigenvalue weighted by Gasteiger charge is 2.20. The number of likely N-dealkylation sites (N-methyl/N-ethyl adjacent to an activating group) is 1. The Labute approximate surface area is 78.0 Å². The second-order valence-corrected chi connectivity index (χ2v) is 2.82. The van der Waals surface area contributed by atoms with E-state index in [1.54, 1.807) is 19.2 Å². The lowest BCUT2D eigenvalue weighted by atomic mass is 10.2. The quantitative estimate of drug-likeness (QED) is 0.649. The Kier molecular flexibility index (Phi) is 2.90. The fourth-order valence-corrected chi connectivity index (χ4v) is 1.09. The van der Waals surface area contributed by atoms with Gasteiger partial charge in [-0.25, -0.2) is 4.79 Å². The van der Waals surface area contributed by atoms with Crippen molar-refractivity contribution in [2.24, 2.45) is 0 Å². The zero-order valence-electron chi connectivity index (χ0n) is 7.91. The number of amides is 1. The van der Waals surface area contributed by atoms with Gasteiger partial charge in [-0.2, -0.15) is 0 Å². The van der Waals surface area contributed by atoms with Crippen LogP contribution in [0, 0.1) is 0 Å². The Morgan fingerprint density at radius 1 is 1.62 bits per heavy atom. The summed E-state index contributed by atoms with van der Waals surface area (Å²) in [5, 5.41) is 0. The van der Waals surface area contributed by atoms with E-state index >= 15 is 0 Å². The first-order chi connectivity index (χ1) is 6.19. The molecule has 0 saturated heterocycles. The van der Waals surface area contributed by atoms with Gasteiger partial charge in [0.1, 0.15) is 5.76 Å². The highest BCUT2D eigenvalue weighted by Crippen LogP contribution is 2.17. The van der Waals surface area contributed by atoms with Gasteiger partial charge in [0.15, 0.2) is 0 Å². The van der Waals surface area contributed by atoms with Crippen molar-refractivity contribution >= 4 is 6.09 Å². The van der Waals surface area contributed by atoms with Crippen molar-refractivity contribution in [3.8, 4) is 0 Å². The van der Waals surface area contributed by atoms with E-state index in [1.807, 2.05) is 13.0 Å². The van der Waals surface area contributed by atoms with Crippen LogP contribution in [-0.4, -0.2) is 24.6 Å². The molecule has 0 aromatic heterocycles. The number of hydrogen-bond donors (Lipinski definition) is 0. The van der Waals surface area contributed by atoms with Crippen LogP contribution in [0.25, 0.3) is 0 Å². The number of carbonyl (C=O) groups is 1. The van der Waals surface area contributed by atoms with Gasteiger partial charge in [0, 0.05) is 12.6 Å². The number of nitrogens with zero attached hydrogens (tertiary/aromatic N) is 1. The molecule has 3 heteroatoms. The van der Waals surface area contributed by atoms with E-state index in [2.05, 4.69) is 6.58 Å². The number of cyclic esters (lactones) is 1. The summed E-state index contributed by atoms with van der Waals surface area (Å²) in [5.41, 5.74) is 0.931. The molecule has 0 fully saturated rings. The van der Waals surface area contributed by atoms with Crippen LogP contribution in [0.4, 0.5) is 4.79 Å². The summed E-state index contributed by atoms with van der Waals surface area (Å²) in [6, 6.07) is 0. The van der Waals surface area contributed by atoms with Crippen molar-refractivity contribution in [1.29, 1.82) is 0 Å². The average Bonchev–Trinajstić information content (AvgIpc) is 2.11. The molecule has 13 heavy (non-hydrogen) atoms. The number of carbonyl (C=O) groups excluding carboxylic acids is 1. The van der Waals surface area contributed by atoms with Crippen LogP contribution in [0.3, 0.4) is 0 Å². The van der Waals surface area contributed by atoms with Crippen molar-refractivity contribution < 1.29 is 9.53 Å². The molecule has 0 spiro atoms. The topological polar surface area (TPSA) is 29.5 Å². The maximum absolute atomic E-state index is 11.1. The first-order valence-electron chi connectivity index (χ1n) is 4.10. The predicted octanol–water partition coefficient (Wildman–Crippen LogP) is 2.08. The SMILES string of the molecule is C=CC1=C(/C=C\C)OC(=O)N(C)C1. The Hall–Kier alpha value is -1.51. The molecule has 1 heterocycles. The molecular weight excluding hydrogens is 166 g/mol. The van der Waals surface area contributed by atoms with Gasteiger partial charge >= 0.3 is 6.09 Å². The molecule has 0 aromatic rings. The smallest absolute Gasteiger partial charge is 0.410 e. The van der Waals surface area contributed by atoms with E-state index in [0.29, 0.717) is 12.3 Å². The van der Waals surface area contributed by atoms with Crippen LogP contribution in [0.15, 0.2) is 36.1 Å². The summed E-state index contributed by atoms with van der Waals surface area (Å²) in [4.78, 5) is 12.6. The average molecular weight is 179 g/mol. The molecule has 0 atom stereocenters. The van der Waals surface area contributed by atoms with Gasteiger partial charge in [-0.15, -0.1) is 0 Å². The van der Waals surface area contributed by atoms with Crippen LogP contribution >= 0.6 is 0 Å². The van der Waals surface area contributed by atoms with E-state index in [-0.39, 0.29) is 6.09 Å². The molecule has 0 unspecified atom stereocenters. The third-order valence-electron chi connectivity index (χ3n) is 1.80. The zero-order valence-corrected chi connectivity index (χ0v) is 7.91. The van der Waals surface area contributed by atoms with Gasteiger partial charge < -0.3 is 9.64 Å². The minimum absolute atomic E-state index is 0.321. The molecule has 70 valence electrons. The largest absolute Gasteiger partial charge is 0.415 e. The van der Waals surface area contributed by atoms with Gasteiger partial charge in [0.05, 0.1) is 6.54 Å². The van der Waals surface area contributed by atoms with Crippen molar-refractivity contribution in [3.63, 3.8) is 0 Å². The molecule has 0 aliphatic carbocycles. The van der Waals surface area contributed by atoms with E-state index in [0.717, 1.165) is 5.57 Å². The summed E-state index contributed by atoms with van der Waals surface area (Å²) in [6.07, 6.45) is 4.98. The van der Waals surface area contributed by atoms with E-state index in [9.17, 15) is 4.79 Å². The Morgan fingerprint density at radius 2 is 2.31 bits per heavy atom. The van der Waals surface area contributed by atoms with Crippen LogP contribution in [0.1, 0.15) is 6.92 Å². The van der Waals surface area contributed by atoms with Crippen molar-refractivity contribution in [2.45, 2.75) is 6.92 Å². The van der Waals surface area contributed by atoms with E-state index in [4.69, 9.17) is 4.74 Å². The molecule has 1 aliphatic rings. The maximum atomic E-state index is 11.1. The molecule has 3 nitrogen and oxygen atoms in total. The third-order valence-corrected chi connectivity index (χ3v) is 1.80. The molecule has 0 radical (unpaired) electrons. The standard InChI is InChI=1S/C10H13NO2/c1-4-6-9-8(5-2)7-11(3)10(12)13-9/h4-6H,2,7H2,1,3H3/b6-4-. The normalized spacial score (nSPS) is 18.0. The van der Waals surface area contributed by atoms with E-state index < -0.39 is 0 Å². The van der Waals surface area contributed by atoms with Crippen LogP contribution in [0.5, 0.6) is 0 Å². The van der Waals surface area contributed by atoms with Crippen LogP contribution in [0.2, 0.25) is 0 Å². The van der Waals surface area contributed by atoms with E-state index in [1.165, 1.54) is 4.90 Å². The van der Waals surface area contributed by atoms with Gasteiger partial charge in [0.25, 0.3) is 0 Å². The highest BCUT2D eigenvalue weighted by molar-refractivity contribution is 5.71. The Bertz CT molecular complexity index is 289. The molecule has 1 amide bonds. The number of rotatable bonds is 2. The lowest BCUT2D eigenvalue weighted by molar-refractivity contribution is 0.134. The molecule has 0 N–H and O–H groups in total. The minimum atomic E-state index is -0.321. The van der Waals surface area contributed by atoms with Gasteiger partial charge in [-0.1, -0.05) is 18.7 Å². The minimum Gasteiger partial charge on any atom is -0.410 e. The summed E-state index contributed by atoms with van der Waals surface area (Å²) in [5.74, 6) is 0.598. The molecule has 0 bridgehead atoms. The summed E-state index contributed by atoms with van der Waals surface area (Å²) < 4.78 is 5.05. The Morgan fingerprint density at radius 3 is 2.85 bits per heavy atom. The first-order valence-corrected chi connectivity index (χ1v) is 4.10. The molecule has 1 rings (SSSR count). The molecular formula is C10H13NO2. The van der Waals surface area contributed by atoms with Crippen LogP contribution < -0.4 is 0 Å². The molecule has 1 aliphatic heterocycles. The Balaban J connectivity index is 2.97. The second-order valence-electron chi connectivity index (χ2n) is 2.82. The number of allylic oxidation sites excluding steroid dienone is 2. The summed E-state index contributed by atoms with van der Waals surface area (Å²) in [7, 11) is 1.69.